The number of aryl methyl sites for hydroxylation is 3. The number of benzene rings is 2. The van der Waals surface area contributed by atoms with Gasteiger partial charge in [-0.2, -0.15) is 0 Å². The van der Waals surface area contributed by atoms with Crippen LogP contribution in [0.4, 0.5) is 0 Å². The van der Waals surface area contributed by atoms with Crippen LogP contribution in [0.25, 0.3) is 0 Å². The first-order valence-corrected chi connectivity index (χ1v) is 9.72. The van der Waals surface area contributed by atoms with Gasteiger partial charge in [-0.1, -0.05) is 48.0 Å². The minimum atomic E-state index is 0.213. The molecule has 1 aliphatic heterocycles. The van der Waals surface area contributed by atoms with Crippen LogP contribution < -0.4 is 0 Å². The Kier molecular flexibility index (Phi) is 6.32. The summed E-state index contributed by atoms with van der Waals surface area (Å²) in [5, 5.41) is 9.81. The smallest absolute Gasteiger partial charge is 0.222 e. The SMILES string of the molecule is Cc1ccc(CCC2CCN(C(=O)CCc3ccccc3O)CC2)cc1. The second-order valence-corrected chi connectivity index (χ2v) is 7.48. The standard InChI is InChI=1S/C23H29NO2/c1-18-6-8-19(9-7-18)10-11-20-14-16-24(17-15-20)23(26)13-12-21-4-2-3-5-22(21)25/h2-9,20,25H,10-17H2,1H3. The van der Waals surface area contributed by atoms with Crippen molar-refractivity contribution in [2.75, 3.05) is 13.1 Å². The Bertz CT molecular complexity index is 715. The molecule has 2 aromatic carbocycles. The number of nitrogens with zero attached hydrogens (tertiary/aromatic N) is 1. The number of amides is 1. The first-order valence-electron chi connectivity index (χ1n) is 9.72. The maximum absolute atomic E-state index is 12.4. The number of phenols is 1. The average molecular weight is 351 g/mol. The van der Waals surface area contributed by atoms with Crippen LogP contribution in [0.2, 0.25) is 0 Å². The molecule has 0 atom stereocenters. The van der Waals surface area contributed by atoms with E-state index < -0.39 is 0 Å². The molecular formula is C23H29NO2. The lowest BCUT2D eigenvalue weighted by Gasteiger charge is -2.32. The van der Waals surface area contributed by atoms with Gasteiger partial charge in [-0.25, -0.2) is 0 Å². The lowest BCUT2D eigenvalue weighted by atomic mass is 9.90. The average Bonchev–Trinajstić information content (AvgIpc) is 2.67. The molecule has 0 spiro atoms. The number of aromatic hydroxyl groups is 1. The number of phenolic OH excluding ortho intramolecular Hbond substituents is 1. The van der Waals surface area contributed by atoms with Crippen LogP contribution in [-0.2, 0) is 17.6 Å². The van der Waals surface area contributed by atoms with Crippen LogP contribution in [0.1, 0.15) is 42.4 Å². The molecule has 0 saturated carbocycles. The monoisotopic (exact) mass is 351 g/mol. The highest BCUT2D eigenvalue weighted by molar-refractivity contribution is 5.76. The fourth-order valence-electron chi connectivity index (χ4n) is 3.72. The number of hydrogen-bond donors (Lipinski definition) is 1. The van der Waals surface area contributed by atoms with Gasteiger partial charge in [-0.05, 0) is 62.1 Å². The van der Waals surface area contributed by atoms with Crippen LogP contribution >= 0.6 is 0 Å². The van der Waals surface area contributed by atoms with Crippen LogP contribution in [0.3, 0.4) is 0 Å². The molecule has 2 aromatic rings. The quantitative estimate of drug-likeness (QED) is 0.832. The summed E-state index contributed by atoms with van der Waals surface area (Å²) in [7, 11) is 0. The predicted octanol–water partition coefficient (Wildman–Crippen LogP) is 4.50. The lowest BCUT2D eigenvalue weighted by Crippen LogP contribution is -2.38. The molecule has 0 bridgehead atoms. The Morgan fingerprint density at radius 3 is 2.42 bits per heavy atom. The molecular weight excluding hydrogens is 322 g/mol. The van der Waals surface area contributed by atoms with E-state index in [0.29, 0.717) is 12.8 Å². The third-order valence-electron chi connectivity index (χ3n) is 5.53. The van der Waals surface area contributed by atoms with Gasteiger partial charge in [0, 0.05) is 19.5 Å². The molecule has 3 rings (SSSR count). The van der Waals surface area contributed by atoms with Gasteiger partial charge in [0.1, 0.15) is 5.75 Å². The van der Waals surface area contributed by atoms with E-state index in [2.05, 4.69) is 31.2 Å². The van der Waals surface area contributed by atoms with E-state index in [4.69, 9.17) is 0 Å². The van der Waals surface area contributed by atoms with E-state index in [-0.39, 0.29) is 11.7 Å². The predicted molar refractivity (Wildman–Crippen MR) is 105 cm³/mol. The molecule has 0 aromatic heterocycles. The highest BCUT2D eigenvalue weighted by Gasteiger charge is 2.22. The lowest BCUT2D eigenvalue weighted by molar-refractivity contribution is -0.132. The third kappa shape index (κ3) is 5.10. The summed E-state index contributed by atoms with van der Waals surface area (Å²) in [5.74, 6) is 1.22. The van der Waals surface area contributed by atoms with Crippen molar-refractivity contribution in [3.63, 3.8) is 0 Å². The Balaban J connectivity index is 1.39. The molecule has 0 unspecified atom stereocenters. The topological polar surface area (TPSA) is 40.5 Å². The molecule has 0 aliphatic carbocycles. The normalized spacial score (nSPS) is 15.2. The summed E-state index contributed by atoms with van der Waals surface area (Å²) in [6.45, 7) is 3.87. The van der Waals surface area contributed by atoms with Crippen molar-refractivity contribution in [1.29, 1.82) is 0 Å². The fraction of sp³-hybridized carbons (Fsp3) is 0.435. The molecule has 1 N–H and O–H groups in total. The van der Waals surface area contributed by atoms with Gasteiger partial charge >= 0.3 is 0 Å². The molecule has 1 fully saturated rings. The van der Waals surface area contributed by atoms with Crippen molar-refractivity contribution in [3.8, 4) is 5.75 Å². The van der Waals surface area contributed by atoms with Gasteiger partial charge in [-0.3, -0.25) is 4.79 Å². The summed E-state index contributed by atoms with van der Waals surface area (Å²) in [5.41, 5.74) is 3.58. The summed E-state index contributed by atoms with van der Waals surface area (Å²) < 4.78 is 0. The number of likely N-dealkylation sites (tertiary alicyclic amines) is 1. The van der Waals surface area contributed by atoms with E-state index in [1.54, 1.807) is 6.07 Å². The first kappa shape index (κ1) is 18.5. The zero-order valence-corrected chi connectivity index (χ0v) is 15.7. The Morgan fingerprint density at radius 2 is 1.73 bits per heavy atom. The number of hydrogen-bond acceptors (Lipinski definition) is 2. The van der Waals surface area contributed by atoms with Gasteiger partial charge < -0.3 is 10.0 Å². The molecule has 1 amide bonds. The minimum absolute atomic E-state index is 0.213. The maximum Gasteiger partial charge on any atom is 0.222 e. The van der Waals surface area contributed by atoms with Gasteiger partial charge in [-0.15, -0.1) is 0 Å². The second-order valence-electron chi connectivity index (χ2n) is 7.48. The highest BCUT2D eigenvalue weighted by Crippen LogP contribution is 2.24. The number of piperidine rings is 1. The maximum atomic E-state index is 12.4. The minimum Gasteiger partial charge on any atom is -0.508 e. The van der Waals surface area contributed by atoms with E-state index in [0.717, 1.165) is 43.8 Å². The zero-order valence-electron chi connectivity index (χ0n) is 15.7. The van der Waals surface area contributed by atoms with Crippen molar-refractivity contribution in [3.05, 3.63) is 65.2 Å². The Labute approximate surface area is 156 Å². The molecule has 26 heavy (non-hydrogen) atoms. The summed E-state index contributed by atoms with van der Waals surface area (Å²) >= 11 is 0. The molecule has 1 aliphatic rings. The summed E-state index contributed by atoms with van der Waals surface area (Å²) in [6, 6.07) is 16.1. The summed E-state index contributed by atoms with van der Waals surface area (Å²) in [4.78, 5) is 14.4. The van der Waals surface area contributed by atoms with E-state index in [9.17, 15) is 9.90 Å². The van der Waals surface area contributed by atoms with Crippen LogP contribution in [0.5, 0.6) is 5.75 Å². The van der Waals surface area contributed by atoms with Crippen molar-refractivity contribution >= 4 is 5.91 Å². The van der Waals surface area contributed by atoms with Crippen LogP contribution in [0.15, 0.2) is 48.5 Å². The molecule has 1 heterocycles. The molecule has 138 valence electrons. The summed E-state index contributed by atoms with van der Waals surface area (Å²) in [6.07, 6.45) is 5.64. The number of carbonyl (C=O) groups excluding carboxylic acids is 1. The molecule has 3 heteroatoms. The highest BCUT2D eigenvalue weighted by atomic mass is 16.3. The van der Waals surface area contributed by atoms with E-state index in [1.807, 2.05) is 23.1 Å². The van der Waals surface area contributed by atoms with Crippen LogP contribution in [0, 0.1) is 12.8 Å². The Morgan fingerprint density at radius 1 is 1.04 bits per heavy atom. The van der Waals surface area contributed by atoms with Crippen molar-refractivity contribution in [2.24, 2.45) is 5.92 Å². The third-order valence-corrected chi connectivity index (χ3v) is 5.53. The van der Waals surface area contributed by atoms with Crippen molar-refractivity contribution < 1.29 is 9.90 Å². The van der Waals surface area contributed by atoms with Crippen molar-refractivity contribution in [2.45, 2.75) is 45.4 Å². The van der Waals surface area contributed by atoms with Crippen LogP contribution in [-0.4, -0.2) is 29.0 Å². The fourth-order valence-corrected chi connectivity index (χ4v) is 3.72. The van der Waals surface area contributed by atoms with Gasteiger partial charge in [0.2, 0.25) is 5.91 Å². The molecule has 3 nitrogen and oxygen atoms in total. The van der Waals surface area contributed by atoms with E-state index >= 15 is 0 Å². The zero-order chi connectivity index (χ0) is 18.4. The largest absolute Gasteiger partial charge is 0.508 e. The van der Waals surface area contributed by atoms with Crippen molar-refractivity contribution in [1.82, 2.24) is 4.90 Å². The first-order chi connectivity index (χ1) is 12.6. The Hall–Kier alpha value is -2.29. The second kappa shape index (κ2) is 8.88. The van der Waals surface area contributed by atoms with Gasteiger partial charge in [0.05, 0.1) is 0 Å². The van der Waals surface area contributed by atoms with Gasteiger partial charge in [0.25, 0.3) is 0 Å². The van der Waals surface area contributed by atoms with E-state index in [1.165, 1.54) is 17.5 Å². The number of para-hydroxylation sites is 1. The van der Waals surface area contributed by atoms with Gasteiger partial charge in [0.15, 0.2) is 0 Å². The number of rotatable bonds is 6. The molecule has 1 saturated heterocycles. The number of carbonyl (C=O) groups is 1. The molecule has 0 radical (unpaired) electrons.